The summed E-state index contributed by atoms with van der Waals surface area (Å²) in [6, 6.07) is 11.0. The van der Waals surface area contributed by atoms with Crippen LogP contribution >= 0.6 is 0 Å². The van der Waals surface area contributed by atoms with Crippen molar-refractivity contribution in [1.29, 1.82) is 5.41 Å². The molecule has 1 saturated heterocycles. The van der Waals surface area contributed by atoms with E-state index >= 15 is 0 Å². The summed E-state index contributed by atoms with van der Waals surface area (Å²) < 4.78 is 0. The molecule has 2 rings (SSSR count). The van der Waals surface area contributed by atoms with Crippen molar-refractivity contribution in [3.05, 3.63) is 35.9 Å². The number of nitrogens with one attached hydrogen (secondary N) is 1. The summed E-state index contributed by atoms with van der Waals surface area (Å²) in [5, 5.41) is 7.41. The molecule has 0 amide bonds. The van der Waals surface area contributed by atoms with Crippen molar-refractivity contribution in [2.75, 3.05) is 26.2 Å². The predicted octanol–water partition coefficient (Wildman–Crippen LogP) is 1.26. The number of nitrogens with two attached hydrogens (primary N) is 1. The summed E-state index contributed by atoms with van der Waals surface area (Å²) in [5.74, 6) is 0.192. The number of guanidine groups is 1. The van der Waals surface area contributed by atoms with Gasteiger partial charge in [0.1, 0.15) is 0 Å². The second-order valence-corrected chi connectivity index (χ2v) is 4.49. The lowest BCUT2D eigenvalue weighted by atomic mass is 10.1. The molecule has 4 heteroatoms. The van der Waals surface area contributed by atoms with Crippen LogP contribution < -0.4 is 5.73 Å². The Kier molecular flexibility index (Phi) is 3.64. The highest BCUT2D eigenvalue weighted by atomic mass is 15.3. The van der Waals surface area contributed by atoms with Crippen molar-refractivity contribution < 1.29 is 0 Å². The third kappa shape index (κ3) is 2.77. The molecule has 0 unspecified atom stereocenters. The first kappa shape index (κ1) is 11.9. The number of nitrogens with zero attached hydrogens (tertiary/aromatic N) is 2. The van der Waals surface area contributed by atoms with Crippen molar-refractivity contribution in [2.24, 2.45) is 5.73 Å². The Hall–Kier alpha value is -1.55. The molecule has 0 bridgehead atoms. The minimum atomic E-state index is 0.192. The molecular formula is C13H20N4. The Morgan fingerprint density at radius 2 is 1.76 bits per heavy atom. The van der Waals surface area contributed by atoms with Gasteiger partial charge in [-0.25, -0.2) is 0 Å². The van der Waals surface area contributed by atoms with Crippen molar-refractivity contribution in [2.45, 2.75) is 13.0 Å². The summed E-state index contributed by atoms with van der Waals surface area (Å²) >= 11 is 0. The maximum Gasteiger partial charge on any atom is 0.188 e. The quantitative estimate of drug-likeness (QED) is 0.596. The average Bonchev–Trinajstić information content (AvgIpc) is 2.39. The molecule has 92 valence electrons. The molecule has 1 aromatic rings. The number of hydrogen-bond acceptors (Lipinski definition) is 2. The number of hydrogen-bond donors (Lipinski definition) is 2. The molecule has 0 spiro atoms. The highest BCUT2D eigenvalue weighted by Crippen LogP contribution is 2.20. The fourth-order valence-electron chi connectivity index (χ4n) is 2.29. The van der Waals surface area contributed by atoms with Crippen LogP contribution in [0.4, 0.5) is 0 Å². The van der Waals surface area contributed by atoms with Crippen LogP contribution in [0.2, 0.25) is 0 Å². The largest absolute Gasteiger partial charge is 0.370 e. The van der Waals surface area contributed by atoms with Crippen LogP contribution in [0.15, 0.2) is 30.3 Å². The monoisotopic (exact) mass is 232 g/mol. The lowest BCUT2D eigenvalue weighted by Crippen LogP contribution is -2.51. The van der Waals surface area contributed by atoms with Gasteiger partial charge in [0.2, 0.25) is 0 Å². The van der Waals surface area contributed by atoms with E-state index in [1.54, 1.807) is 0 Å². The molecule has 1 aliphatic heterocycles. The summed E-state index contributed by atoms with van der Waals surface area (Å²) in [7, 11) is 0. The van der Waals surface area contributed by atoms with Crippen molar-refractivity contribution in [1.82, 2.24) is 9.80 Å². The summed E-state index contributed by atoms with van der Waals surface area (Å²) in [4.78, 5) is 4.36. The highest BCUT2D eigenvalue weighted by Gasteiger charge is 2.22. The van der Waals surface area contributed by atoms with E-state index in [9.17, 15) is 0 Å². The fraction of sp³-hybridized carbons (Fsp3) is 0.462. The molecule has 0 radical (unpaired) electrons. The maximum atomic E-state index is 7.41. The Morgan fingerprint density at radius 1 is 1.18 bits per heavy atom. The van der Waals surface area contributed by atoms with E-state index in [1.807, 2.05) is 11.0 Å². The normalized spacial score (nSPS) is 19.0. The van der Waals surface area contributed by atoms with Gasteiger partial charge in [-0.2, -0.15) is 0 Å². The van der Waals surface area contributed by atoms with Gasteiger partial charge in [0.15, 0.2) is 5.96 Å². The predicted molar refractivity (Wildman–Crippen MR) is 69.9 cm³/mol. The van der Waals surface area contributed by atoms with E-state index in [0.29, 0.717) is 6.04 Å². The minimum absolute atomic E-state index is 0.192. The Balaban J connectivity index is 1.95. The van der Waals surface area contributed by atoms with E-state index in [2.05, 4.69) is 36.1 Å². The maximum absolute atomic E-state index is 7.41. The van der Waals surface area contributed by atoms with Crippen LogP contribution in [0.1, 0.15) is 18.5 Å². The second-order valence-electron chi connectivity index (χ2n) is 4.49. The van der Waals surface area contributed by atoms with Crippen molar-refractivity contribution >= 4 is 5.96 Å². The first-order valence-corrected chi connectivity index (χ1v) is 6.06. The molecule has 1 aromatic carbocycles. The van der Waals surface area contributed by atoms with Crippen LogP contribution in [0.5, 0.6) is 0 Å². The molecular weight excluding hydrogens is 212 g/mol. The molecule has 3 N–H and O–H groups in total. The van der Waals surface area contributed by atoms with Gasteiger partial charge in [-0.05, 0) is 12.5 Å². The van der Waals surface area contributed by atoms with Crippen LogP contribution in [-0.2, 0) is 0 Å². The van der Waals surface area contributed by atoms with Crippen LogP contribution in [-0.4, -0.2) is 41.9 Å². The van der Waals surface area contributed by atoms with Gasteiger partial charge in [-0.1, -0.05) is 30.3 Å². The zero-order valence-corrected chi connectivity index (χ0v) is 10.3. The smallest absolute Gasteiger partial charge is 0.188 e. The van der Waals surface area contributed by atoms with Gasteiger partial charge >= 0.3 is 0 Å². The van der Waals surface area contributed by atoms with Crippen LogP contribution in [0.3, 0.4) is 0 Å². The third-order valence-electron chi connectivity index (χ3n) is 3.48. The van der Waals surface area contributed by atoms with Gasteiger partial charge in [0.05, 0.1) is 0 Å². The van der Waals surface area contributed by atoms with E-state index in [4.69, 9.17) is 11.1 Å². The zero-order valence-electron chi connectivity index (χ0n) is 10.3. The fourth-order valence-corrected chi connectivity index (χ4v) is 2.29. The standard InChI is InChI=1S/C13H20N4/c1-11(12-5-3-2-4-6-12)16-7-9-17(10-8-16)13(14)15/h2-6,11H,7-10H2,1H3,(H3,14,15)/t11-/m1/s1. The highest BCUT2D eigenvalue weighted by molar-refractivity contribution is 5.74. The number of benzene rings is 1. The SMILES string of the molecule is C[C@H](c1ccccc1)N1CCN(C(=N)N)CC1. The Morgan fingerprint density at radius 3 is 2.29 bits per heavy atom. The van der Waals surface area contributed by atoms with E-state index in [-0.39, 0.29) is 5.96 Å². The lowest BCUT2D eigenvalue weighted by molar-refractivity contribution is 0.139. The van der Waals surface area contributed by atoms with Crippen molar-refractivity contribution in [3.8, 4) is 0 Å². The van der Waals surface area contributed by atoms with Gasteiger partial charge < -0.3 is 10.6 Å². The molecule has 0 aromatic heterocycles. The third-order valence-corrected chi connectivity index (χ3v) is 3.48. The molecule has 0 aliphatic carbocycles. The molecule has 1 aliphatic rings. The van der Waals surface area contributed by atoms with Crippen LogP contribution in [0.25, 0.3) is 0 Å². The summed E-state index contributed by atoms with van der Waals surface area (Å²) in [6.45, 7) is 5.88. The van der Waals surface area contributed by atoms with E-state index in [0.717, 1.165) is 26.2 Å². The summed E-state index contributed by atoms with van der Waals surface area (Å²) in [5.41, 5.74) is 6.84. The zero-order chi connectivity index (χ0) is 12.3. The molecule has 4 nitrogen and oxygen atoms in total. The van der Waals surface area contributed by atoms with Gasteiger partial charge in [-0.3, -0.25) is 10.3 Å². The summed E-state index contributed by atoms with van der Waals surface area (Å²) in [6.07, 6.45) is 0. The second kappa shape index (κ2) is 5.19. The van der Waals surface area contributed by atoms with Crippen LogP contribution in [0, 0.1) is 5.41 Å². The first-order chi connectivity index (χ1) is 8.18. The van der Waals surface area contributed by atoms with Gasteiger partial charge in [0, 0.05) is 32.2 Å². The molecule has 0 saturated carbocycles. The Bertz CT molecular complexity index is 368. The van der Waals surface area contributed by atoms with Gasteiger partial charge in [-0.15, -0.1) is 0 Å². The lowest BCUT2D eigenvalue weighted by Gasteiger charge is -2.38. The molecule has 1 heterocycles. The molecule has 1 atom stereocenters. The van der Waals surface area contributed by atoms with Crippen molar-refractivity contribution in [3.63, 3.8) is 0 Å². The van der Waals surface area contributed by atoms with Gasteiger partial charge in [0.25, 0.3) is 0 Å². The minimum Gasteiger partial charge on any atom is -0.370 e. The first-order valence-electron chi connectivity index (χ1n) is 6.06. The van der Waals surface area contributed by atoms with E-state index < -0.39 is 0 Å². The average molecular weight is 232 g/mol. The number of rotatable bonds is 2. The number of piperazine rings is 1. The molecule has 1 fully saturated rings. The molecule has 17 heavy (non-hydrogen) atoms. The topological polar surface area (TPSA) is 56.4 Å². The Labute approximate surface area is 103 Å². The van der Waals surface area contributed by atoms with E-state index in [1.165, 1.54) is 5.56 Å².